The van der Waals surface area contributed by atoms with Gasteiger partial charge in [-0.05, 0) is 74.1 Å². The van der Waals surface area contributed by atoms with Crippen LogP contribution in [0.2, 0.25) is 5.02 Å². The fraction of sp³-hybridized carbons (Fsp3) is 0.458. The Kier molecular flexibility index (Phi) is 8.87. The van der Waals surface area contributed by atoms with Gasteiger partial charge in [0.25, 0.3) is 0 Å². The number of hydrogen-bond donors (Lipinski definition) is 1. The highest BCUT2D eigenvalue weighted by molar-refractivity contribution is 6.31. The smallest absolute Gasteiger partial charge is 0.207 e. The Bertz CT molecular complexity index is 728. The lowest BCUT2D eigenvalue weighted by atomic mass is 9.83. The second-order valence-corrected chi connectivity index (χ2v) is 8.14. The number of aryl methyl sites for hydroxylation is 3. The van der Waals surface area contributed by atoms with Crippen LogP contribution in [0, 0.1) is 19.8 Å². The third-order valence-electron chi connectivity index (χ3n) is 5.46. The van der Waals surface area contributed by atoms with Crippen molar-refractivity contribution in [2.45, 2.75) is 58.8 Å². The van der Waals surface area contributed by atoms with Crippen LogP contribution < -0.4 is 5.32 Å². The SMILES string of the molecule is Cc1ccc(C(CCc2ccccc2Cl)CCC(C)CCNC=O)c(C)c1. The normalized spacial score (nSPS) is 13.2. The number of carbonyl (C=O) groups is 1. The molecule has 27 heavy (non-hydrogen) atoms. The Hall–Kier alpha value is -1.80. The minimum absolute atomic E-state index is 0.531. The highest BCUT2D eigenvalue weighted by atomic mass is 35.5. The van der Waals surface area contributed by atoms with Gasteiger partial charge >= 0.3 is 0 Å². The highest BCUT2D eigenvalue weighted by Gasteiger charge is 2.16. The first-order valence-electron chi connectivity index (χ1n) is 9.98. The average Bonchev–Trinajstić information content (AvgIpc) is 2.64. The molecule has 2 aromatic carbocycles. The molecular formula is C24H32ClNO. The number of benzene rings is 2. The van der Waals surface area contributed by atoms with Crippen LogP contribution in [-0.4, -0.2) is 13.0 Å². The summed E-state index contributed by atoms with van der Waals surface area (Å²) in [4.78, 5) is 10.4. The van der Waals surface area contributed by atoms with Crippen LogP contribution in [0.25, 0.3) is 0 Å². The van der Waals surface area contributed by atoms with E-state index in [0.29, 0.717) is 11.8 Å². The van der Waals surface area contributed by atoms with E-state index in [4.69, 9.17) is 11.6 Å². The third-order valence-corrected chi connectivity index (χ3v) is 5.83. The zero-order valence-electron chi connectivity index (χ0n) is 16.8. The Morgan fingerprint density at radius 1 is 1.04 bits per heavy atom. The van der Waals surface area contributed by atoms with E-state index < -0.39 is 0 Å². The lowest BCUT2D eigenvalue weighted by Gasteiger charge is -2.22. The van der Waals surface area contributed by atoms with E-state index in [1.807, 2.05) is 12.1 Å². The Morgan fingerprint density at radius 3 is 2.52 bits per heavy atom. The van der Waals surface area contributed by atoms with E-state index in [0.717, 1.165) is 43.7 Å². The molecule has 0 heterocycles. The van der Waals surface area contributed by atoms with Crippen molar-refractivity contribution >= 4 is 18.0 Å². The van der Waals surface area contributed by atoms with Crippen molar-refractivity contribution in [1.82, 2.24) is 5.32 Å². The van der Waals surface area contributed by atoms with Gasteiger partial charge in [0.2, 0.25) is 6.41 Å². The van der Waals surface area contributed by atoms with E-state index >= 15 is 0 Å². The van der Waals surface area contributed by atoms with Gasteiger partial charge in [0.05, 0.1) is 0 Å². The van der Waals surface area contributed by atoms with Gasteiger partial charge in [-0.15, -0.1) is 0 Å². The predicted molar refractivity (Wildman–Crippen MR) is 116 cm³/mol. The molecule has 1 amide bonds. The minimum Gasteiger partial charge on any atom is -0.359 e. The molecule has 2 atom stereocenters. The number of nitrogens with one attached hydrogen (secondary N) is 1. The average molecular weight is 386 g/mol. The first-order chi connectivity index (χ1) is 13.0. The first kappa shape index (κ1) is 21.5. The van der Waals surface area contributed by atoms with Crippen LogP contribution in [0.1, 0.15) is 60.8 Å². The molecule has 0 aliphatic rings. The molecule has 2 nitrogen and oxygen atoms in total. The summed E-state index contributed by atoms with van der Waals surface area (Å²) in [6, 6.07) is 15.0. The van der Waals surface area contributed by atoms with E-state index in [9.17, 15) is 4.79 Å². The van der Waals surface area contributed by atoms with E-state index in [-0.39, 0.29) is 0 Å². The van der Waals surface area contributed by atoms with Crippen LogP contribution in [0.4, 0.5) is 0 Å². The summed E-state index contributed by atoms with van der Waals surface area (Å²) >= 11 is 6.37. The van der Waals surface area contributed by atoms with Crippen LogP contribution in [-0.2, 0) is 11.2 Å². The largest absolute Gasteiger partial charge is 0.359 e. The molecule has 146 valence electrons. The maximum atomic E-state index is 10.4. The monoisotopic (exact) mass is 385 g/mol. The summed E-state index contributed by atoms with van der Waals surface area (Å²) in [5.41, 5.74) is 5.40. The second-order valence-electron chi connectivity index (χ2n) is 7.73. The molecule has 0 saturated carbocycles. The van der Waals surface area contributed by atoms with Gasteiger partial charge < -0.3 is 5.32 Å². The van der Waals surface area contributed by atoms with Crippen molar-refractivity contribution < 1.29 is 4.79 Å². The maximum Gasteiger partial charge on any atom is 0.207 e. The summed E-state index contributed by atoms with van der Waals surface area (Å²) in [6.07, 6.45) is 6.25. The zero-order valence-corrected chi connectivity index (χ0v) is 17.6. The molecule has 2 unspecified atom stereocenters. The van der Waals surface area contributed by atoms with Gasteiger partial charge in [-0.2, -0.15) is 0 Å². The summed E-state index contributed by atoms with van der Waals surface area (Å²) in [6.45, 7) is 7.41. The number of amides is 1. The van der Waals surface area contributed by atoms with Gasteiger partial charge in [0.1, 0.15) is 0 Å². The number of hydrogen-bond acceptors (Lipinski definition) is 1. The van der Waals surface area contributed by atoms with E-state index in [1.165, 1.54) is 28.7 Å². The molecule has 0 fully saturated rings. The summed E-state index contributed by atoms with van der Waals surface area (Å²) < 4.78 is 0. The predicted octanol–water partition coefficient (Wildman–Crippen LogP) is 6.23. The van der Waals surface area contributed by atoms with Crippen LogP contribution >= 0.6 is 11.6 Å². The van der Waals surface area contributed by atoms with Crippen molar-refractivity contribution in [2.24, 2.45) is 5.92 Å². The van der Waals surface area contributed by atoms with Gasteiger partial charge in [0.15, 0.2) is 0 Å². The molecule has 1 N–H and O–H groups in total. The Balaban J connectivity index is 2.06. The van der Waals surface area contributed by atoms with Crippen molar-refractivity contribution in [2.75, 3.05) is 6.54 Å². The second kappa shape index (κ2) is 11.1. The van der Waals surface area contributed by atoms with Crippen molar-refractivity contribution in [3.63, 3.8) is 0 Å². The molecule has 2 aromatic rings. The van der Waals surface area contributed by atoms with Crippen LogP contribution in [0.15, 0.2) is 42.5 Å². The summed E-state index contributed by atoms with van der Waals surface area (Å²) in [5.74, 6) is 1.13. The first-order valence-corrected chi connectivity index (χ1v) is 10.4. The zero-order chi connectivity index (χ0) is 19.6. The van der Waals surface area contributed by atoms with Crippen LogP contribution in [0.5, 0.6) is 0 Å². The van der Waals surface area contributed by atoms with Gasteiger partial charge in [-0.3, -0.25) is 4.79 Å². The molecule has 2 rings (SSSR count). The molecule has 3 heteroatoms. The molecule has 0 saturated heterocycles. The van der Waals surface area contributed by atoms with E-state index in [2.05, 4.69) is 56.4 Å². The molecule has 0 aliphatic heterocycles. The van der Waals surface area contributed by atoms with Crippen molar-refractivity contribution in [3.8, 4) is 0 Å². The molecular weight excluding hydrogens is 354 g/mol. The minimum atomic E-state index is 0.531. The molecule has 0 bridgehead atoms. The topological polar surface area (TPSA) is 29.1 Å². The van der Waals surface area contributed by atoms with Gasteiger partial charge in [-0.25, -0.2) is 0 Å². The fourth-order valence-corrected chi connectivity index (χ4v) is 4.02. The van der Waals surface area contributed by atoms with E-state index in [1.54, 1.807) is 0 Å². The molecule has 0 radical (unpaired) electrons. The standard InChI is InChI=1S/C24H32ClNO/c1-18(14-15-26-17-27)8-10-21(23-13-9-19(2)16-20(23)3)11-12-22-6-4-5-7-24(22)25/h4-7,9,13,16-18,21H,8,10-12,14-15H2,1-3H3,(H,26,27). The molecule has 0 spiro atoms. The number of carbonyl (C=O) groups excluding carboxylic acids is 1. The Morgan fingerprint density at radius 2 is 1.81 bits per heavy atom. The lowest BCUT2D eigenvalue weighted by molar-refractivity contribution is -0.109. The summed E-state index contributed by atoms with van der Waals surface area (Å²) in [7, 11) is 0. The van der Waals surface area contributed by atoms with Gasteiger partial charge in [0, 0.05) is 11.6 Å². The molecule has 0 aromatic heterocycles. The number of rotatable bonds is 11. The van der Waals surface area contributed by atoms with Gasteiger partial charge in [-0.1, -0.05) is 66.9 Å². The fourth-order valence-electron chi connectivity index (χ4n) is 3.79. The van der Waals surface area contributed by atoms with Crippen molar-refractivity contribution in [3.05, 3.63) is 69.7 Å². The molecule has 0 aliphatic carbocycles. The quantitative estimate of drug-likeness (QED) is 0.360. The lowest BCUT2D eigenvalue weighted by Crippen LogP contribution is -2.15. The maximum absolute atomic E-state index is 10.4. The Labute approximate surface area is 169 Å². The third kappa shape index (κ3) is 7.03. The van der Waals surface area contributed by atoms with Crippen molar-refractivity contribution in [1.29, 1.82) is 0 Å². The van der Waals surface area contributed by atoms with Crippen LogP contribution in [0.3, 0.4) is 0 Å². The number of halogens is 1. The highest BCUT2D eigenvalue weighted by Crippen LogP contribution is 2.32. The summed E-state index contributed by atoms with van der Waals surface area (Å²) in [5, 5.41) is 3.64.